The minimum Gasteiger partial charge on any atom is -0.496 e. The molecule has 6 heteroatoms. The molecule has 0 bridgehead atoms. The van der Waals surface area contributed by atoms with Crippen LogP contribution in [0.25, 0.3) is 16.8 Å². The van der Waals surface area contributed by atoms with Crippen LogP contribution in [0.15, 0.2) is 54.9 Å². The molecular weight excluding hydrogens is 391 g/mol. The predicted octanol–water partition coefficient (Wildman–Crippen LogP) is 4.70. The second-order valence-electron chi connectivity index (χ2n) is 8.13. The minimum atomic E-state index is -0.230. The van der Waals surface area contributed by atoms with Gasteiger partial charge in [-0.15, -0.1) is 10.2 Å². The van der Waals surface area contributed by atoms with E-state index in [-0.39, 0.29) is 5.82 Å². The average Bonchev–Trinajstić information content (AvgIpc) is 3.23. The lowest BCUT2D eigenvalue weighted by molar-refractivity contribution is 0.402. The van der Waals surface area contributed by atoms with Gasteiger partial charge in [-0.05, 0) is 74.8 Å². The Morgan fingerprint density at radius 2 is 1.81 bits per heavy atom. The number of nitrogens with zero attached hydrogens (tertiary/aromatic N) is 4. The summed E-state index contributed by atoms with van der Waals surface area (Å²) in [5.41, 5.74) is 6.64. The predicted molar refractivity (Wildman–Crippen MR) is 121 cm³/mol. The number of benzene rings is 2. The average molecular weight is 419 g/mol. The Balaban J connectivity index is 1.62. The van der Waals surface area contributed by atoms with Gasteiger partial charge in [0.25, 0.3) is 0 Å². The zero-order chi connectivity index (χ0) is 22.0. The Morgan fingerprint density at radius 3 is 2.52 bits per heavy atom. The molecule has 5 nitrogen and oxygen atoms in total. The minimum absolute atomic E-state index is 0.230. The second-order valence-corrected chi connectivity index (χ2v) is 8.13. The first-order chi connectivity index (χ1) is 15.0. The van der Waals surface area contributed by atoms with Gasteiger partial charge in [0.1, 0.15) is 17.9 Å². The third kappa shape index (κ3) is 4.44. The number of pyridine rings is 1. The third-order valence-corrected chi connectivity index (χ3v) is 5.45. The highest BCUT2D eigenvalue weighted by molar-refractivity contribution is 5.77. The summed E-state index contributed by atoms with van der Waals surface area (Å²) < 4.78 is 21.9. The van der Waals surface area contributed by atoms with Crippen LogP contribution in [-0.2, 0) is 19.4 Å². The molecule has 160 valence electrons. The number of rotatable bonds is 7. The van der Waals surface area contributed by atoms with Crippen LogP contribution in [0.1, 0.15) is 22.4 Å². The van der Waals surface area contributed by atoms with Gasteiger partial charge in [-0.3, -0.25) is 4.40 Å². The lowest BCUT2D eigenvalue weighted by atomic mass is 10.0. The molecule has 2 aromatic heterocycles. The van der Waals surface area contributed by atoms with Gasteiger partial charge in [0.15, 0.2) is 5.65 Å². The van der Waals surface area contributed by atoms with Crippen LogP contribution in [0.4, 0.5) is 4.39 Å². The highest BCUT2D eigenvalue weighted by Crippen LogP contribution is 2.28. The summed E-state index contributed by atoms with van der Waals surface area (Å²) in [5.74, 6) is 0.359. The molecule has 0 fully saturated rings. The van der Waals surface area contributed by atoms with Crippen LogP contribution in [0.3, 0.4) is 0 Å². The summed E-state index contributed by atoms with van der Waals surface area (Å²) in [7, 11) is 5.70. The molecule has 0 atom stereocenters. The SMILES string of the molecule is COc1cc(C)cc(F)c1CCc1ccc(-c2ccc(CN(C)C)cc2)c2nncn12. The van der Waals surface area contributed by atoms with E-state index in [1.807, 2.05) is 17.4 Å². The Bertz CT molecular complexity index is 1200. The molecule has 0 N–H and O–H groups in total. The van der Waals surface area contributed by atoms with E-state index >= 15 is 0 Å². The zero-order valence-electron chi connectivity index (χ0n) is 18.4. The van der Waals surface area contributed by atoms with Gasteiger partial charge in [-0.25, -0.2) is 4.39 Å². The molecule has 0 spiro atoms. The highest BCUT2D eigenvalue weighted by Gasteiger charge is 2.14. The van der Waals surface area contributed by atoms with Gasteiger partial charge < -0.3 is 9.64 Å². The lowest BCUT2D eigenvalue weighted by Gasteiger charge is -2.13. The van der Waals surface area contributed by atoms with Gasteiger partial charge >= 0.3 is 0 Å². The van der Waals surface area contributed by atoms with E-state index < -0.39 is 0 Å². The van der Waals surface area contributed by atoms with Gasteiger partial charge in [-0.1, -0.05) is 24.3 Å². The van der Waals surface area contributed by atoms with Gasteiger partial charge in [0, 0.05) is 23.4 Å². The molecule has 4 aromatic rings. The fraction of sp³-hybridized carbons (Fsp3) is 0.280. The number of aryl methyl sites for hydroxylation is 2. The molecule has 0 aliphatic heterocycles. The van der Waals surface area contributed by atoms with Crippen LogP contribution < -0.4 is 4.74 Å². The van der Waals surface area contributed by atoms with Gasteiger partial charge in [0.2, 0.25) is 0 Å². The van der Waals surface area contributed by atoms with Crippen molar-refractivity contribution >= 4 is 5.65 Å². The molecule has 4 rings (SSSR count). The number of hydrogen-bond acceptors (Lipinski definition) is 4. The molecular formula is C25H27FN4O. The molecule has 2 aromatic carbocycles. The van der Waals surface area contributed by atoms with E-state index in [0.29, 0.717) is 24.2 Å². The molecule has 0 aliphatic carbocycles. The smallest absolute Gasteiger partial charge is 0.168 e. The van der Waals surface area contributed by atoms with Crippen molar-refractivity contribution in [2.45, 2.75) is 26.3 Å². The monoisotopic (exact) mass is 418 g/mol. The van der Waals surface area contributed by atoms with Crippen LogP contribution in [-0.4, -0.2) is 40.7 Å². The lowest BCUT2D eigenvalue weighted by Crippen LogP contribution is -2.10. The van der Waals surface area contributed by atoms with Crippen LogP contribution >= 0.6 is 0 Å². The van der Waals surface area contributed by atoms with Crippen LogP contribution in [0.2, 0.25) is 0 Å². The van der Waals surface area contributed by atoms with Crippen molar-refractivity contribution in [3.63, 3.8) is 0 Å². The number of aromatic nitrogens is 3. The summed E-state index contributed by atoms with van der Waals surface area (Å²) in [4.78, 5) is 2.15. The summed E-state index contributed by atoms with van der Waals surface area (Å²) >= 11 is 0. The van der Waals surface area contributed by atoms with Crippen molar-refractivity contribution in [2.24, 2.45) is 0 Å². The Labute approximate surface area is 182 Å². The van der Waals surface area contributed by atoms with Gasteiger partial charge in [-0.2, -0.15) is 0 Å². The van der Waals surface area contributed by atoms with E-state index in [2.05, 4.69) is 65.6 Å². The fourth-order valence-corrected chi connectivity index (χ4v) is 3.97. The number of hydrogen-bond donors (Lipinski definition) is 0. The van der Waals surface area contributed by atoms with Gasteiger partial charge in [0.05, 0.1) is 7.11 Å². The highest BCUT2D eigenvalue weighted by atomic mass is 19.1. The standard InChI is InChI=1S/C25H27FN4O/c1-17-13-23(26)22(24(14-17)31-4)12-10-20-9-11-21(25-28-27-16-30(20)25)19-7-5-18(6-8-19)15-29(2)3/h5-9,11,13-14,16H,10,12,15H2,1-4H3. The topological polar surface area (TPSA) is 42.7 Å². The summed E-state index contributed by atoms with van der Waals surface area (Å²) in [6, 6.07) is 16.1. The molecule has 0 aliphatic rings. The van der Waals surface area contributed by atoms with Crippen molar-refractivity contribution in [1.82, 2.24) is 19.5 Å². The van der Waals surface area contributed by atoms with Crippen LogP contribution in [0.5, 0.6) is 5.75 Å². The van der Waals surface area contributed by atoms with E-state index in [9.17, 15) is 4.39 Å². The van der Waals surface area contributed by atoms with E-state index in [1.165, 1.54) is 5.56 Å². The van der Waals surface area contributed by atoms with E-state index in [0.717, 1.165) is 34.6 Å². The summed E-state index contributed by atoms with van der Waals surface area (Å²) in [6.07, 6.45) is 2.89. The van der Waals surface area contributed by atoms with Crippen molar-refractivity contribution < 1.29 is 9.13 Å². The summed E-state index contributed by atoms with van der Waals surface area (Å²) in [6.45, 7) is 2.76. The maximum atomic E-state index is 14.5. The van der Waals surface area contributed by atoms with E-state index in [4.69, 9.17) is 4.74 Å². The molecule has 0 saturated carbocycles. The largest absolute Gasteiger partial charge is 0.496 e. The first kappa shape index (κ1) is 21.0. The molecule has 2 heterocycles. The Kier molecular flexibility index (Phi) is 6.00. The molecule has 0 saturated heterocycles. The molecule has 31 heavy (non-hydrogen) atoms. The zero-order valence-corrected chi connectivity index (χ0v) is 18.4. The van der Waals surface area contributed by atoms with Crippen molar-refractivity contribution in [1.29, 1.82) is 0 Å². The Hall–Kier alpha value is -3.25. The summed E-state index contributed by atoms with van der Waals surface area (Å²) in [5, 5.41) is 8.48. The number of fused-ring (bicyclic) bond motifs is 1. The fourth-order valence-electron chi connectivity index (χ4n) is 3.97. The first-order valence-corrected chi connectivity index (χ1v) is 10.3. The third-order valence-electron chi connectivity index (χ3n) is 5.45. The second kappa shape index (κ2) is 8.86. The van der Waals surface area contributed by atoms with Crippen molar-refractivity contribution in [3.8, 4) is 16.9 Å². The first-order valence-electron chi connectivity index (χ1n) is 10.3. The van der Waals surface area contributed by atoms with E-state index in [1.54, 1.807) is 19.5 Å². The quantitative estimate of drug-likeness (QED) is 0.436. The maximum Gasteiger partial charge on any atom is 0.168 e. The van der Waals surface area contributed by atoms with Crippen molar-refractivity contribution in [2.75, 3.05) is 21.2 Å². The van der Waals surface area contributed by atoms with Crippen molar-refractivity contribution in [3.05, 3.63) is 83.1 Å². The molecule has 0 amide bonds. The maximum absolute atomic E-state index is 14.5. The number of methoxy groups -OCH3 is 1. The normalized spacial score (nSPS) is 11.4. The van der Waals surface area contributed by atoms with Crippen LogP contribution in [0, 0.1) is 12.7 Å². The Morgan fingerprint density at radius 1 is 1.03 bits per heavy atom. The number of halogens is 1. The number of ether oxygens (including phenoxy) is 1. The molecule has 0 radical (unpaired) electrons. The molecule has 0 unspecified atom stereocenters.